The van der Waals surface area contributed by atoms with E-state index in [0.717, 1.165) is 6.16 Å². The topological polar surface area (TPSA) is 74.6 Å². The quantitative estimate of drug-likeness (QED) is 0.113. The molecule has 0 spiro atoms. The Labute approximate surface area is 277 Å². The summed E-state index contributed by atoms with van der Waals surface area (Å²) in [5.74, 6) is -2.00. The van der Waals surface area contributed by atoms with E-state index in [9.17, 15) is 9.59 Å². The second kappa shape index (κ2) is 16.1. The Hall–Kier alpha value is -4.61. The zero-order chi connectivity index (χ0) is 32.2. The number of rotatable bonds is 10. The van der Waals surface area contributed by atoms with Crippen molar-refractivity contribution in [2.45, 2.75) is 16.0 Å². The van der Waals surface area contributed by atoms with E-state index in [1.165, 1.54) is 55.2 Å². The molecule has 0 aliphatic carbocycles. The number of hydrogen-bond donors (Lipinski definition) is 2. The van der Waals surface area contributed by atoms with Crippen molar-refractivity contribution in [1.29, 1.82) is 0 Å². The fourth-order valence-electron chi connectivity index (χ4n) is 5.40. The molecule has 0 fully saturated rings. The molecular weight excluding hydrogens is 628 g/mol. The van der Waals surface area contributed by atoms with Crippen molar-refractivity contribution in [3.8, 4) is 0 Å². The summed E-state index contributed by atoms with van der Waals surface area (Å²) in [6, 6.07) is 57.4. The number of carboxylic acids is 2. The van der Waals surface area contributed by atoms with Gasteiger partial charge in [-0.05, 0) is 24.3 Å². The molecule has 0 aliphatic rings. The molecule has 6 aromatic carbocycles. The maximum absolute atomic E-state index is 11.1. The molecule has 0 saturated heterocycles. The monoisotopic (exact) mass is 660 g/mol. The number of benzene rings is 6. The van der Waals surface area contributed by atoms with Crippen molar-refractivity contribution in [3.63, 3.8) is 0 Å². The summed E-state index contributed by atoms with van der Waals surface area (Å²) < 4.78 is 0. The molecule has 0 unspecified atom stereocenters. The number of carbonyl (C=O) groups is 2. The normalized spacial score (nSPS) is 11.1. The van der Waals surface area contributed by atoms with Gasteiger partial charge in [0.25, 0.3) is 0 Å². The van der Waals surface area contributed by atoms with Crippen molar-refractivity contribution in [2.24, 2.45) is 0 Å². The molecule has 0 amide bonds. The second-order valence-electron chi connectivity index (χ2n) is 10.4. The molecule has 230 valence electrons. The third-order valence-electron chi connectivity index (χ3n) is 7.57. The Morgan fingerprint density at radius 1 is 0.435 bits per heavy atom. The van der Waals surface area contributed by atoms with E-state index in [0.29, 0.717) is 9.79 Å². The van der Waals surface area contributed by atoms with E-state index >= 15 is 0 Å². The average Bonchev–Trinajstić information content (AvgIpc) is 3.12. The van der Waals surface area contributed by atoms with Gasteiger partial charge in [-0.2, -0.15) is 0 Å². The molecule has 0 aromatic heterocycles. The van der Waals surface area contributed by atoms with Crippen LogP contribution in [0.3, 0.4) is 0 Å². The standard InChI is InChI=1S/C25H23P.C14H10O4S2/c1-5-13-22(14-6-1)21-26(23-15-7-2-8-16-23,24-17-9-3-10-18-24)25-19-11-4-12-20-25;15-13(16)9-5-1-3-7-11(9)19-20-12-8-4-2-6-10(12)14(17)18/h1-20,26H,21H2;1-8H,(H,15,16)(H,17,18). The molecular formula is C39H33O4PS2. The van der Waals surface area contributed by atoms with Gasteiger partial charge >= 0.3 is 168 Å². The van der Waals surface area contributed by atoms with Gasteiger partial charge in [-0.15, -0.1) is 0 Å². The van der Waals surface area contributed by atoms with Gasteiger partial charge in [0.15, 0.2) is 0 Å². The van der Waals surface area contributed by atoms with Crippen LogP contribution in [-0.4, -0.2) is 22.2 Å². The molecule has 0 heterocycles. The van der Waals surface area contributed by atoms with Gasteiger partial charge < -0.3 is 10.2 Å². The van der Waals surface area contributed by atoms with Gasteiger partial charge in [-0.3, -0.25) is 0 Å². The van der Waals surface area contributed by atoms with E-state index in [4.69, 9.17) is 10.2 Å². The third-order valence-corrected chi connectivity index (χ3v) is 14.9. The van der Waals surface area contributed by atoms with Gasteiger partial charge in [0.05, 0.1) is 11.1 Å². The Morgan fingerprint density at radius 3 is 1.09 bits per heavy atom. The maximum atomic E-state index is 11.1. The van der Waals surface area contributed by atoms with Crippen LogP contribution < -0.4 is 15.9 Å². The fourth-order valence-corrected chi connectivity index (χ4v) is 12.5. The second-order valence-corrected chi connectivity index (χ2v) is 16.5. The Morgan fingerprint density at radius 2 is 0.739 bits per heavy atom. The summed E-state index contributed by atoms with van der Waals surface area (Å²) in [6.45, 7) is 0. The average molecular weight is 661 g/mol. The molecule has 7 heteroatoms. The van der Waals surface area contributed by atoms with Crippen LogP contribution in [0.2, 0.25) is 0 Å². The van der Waals surface area contributed by atoms with Gasteiger partial charge in [0, 0.05) is 9.79 Å². The van der Waals surface area contributed by atoms with E-state index in [-0.39, 0.29) is 11.1 Å². The summed E-state index contributed by atoms with van der Waals surface area (Å²) in [5, 5.41) is 22.6. The zero-order valence-corrected chi connectivity index (χ0v) is 27.5. The summed E-state index contributed by atoms with van der Waals surface area (Å²) in [5.41, 5.74) is 1.81. The summed E-state index contributed by atoms with van der Waals surface area (Å²) >= 11 is 0. The van der Waals surface area contributed by atoms with E-state index in [2.05, 4.69) is 121 Å². The fraction of sp³-hybridized carbons (Fsp3) is 0.0256. The minimum absolute atomic E-state index is 0.206. The molecule has 0 bridgehead atoms. The van der Waals surface area contributed by atoms with Crippen LogP contribution >= 0.6 is 28.9 Å². The first-order valence-electron chi connectivity index (χ1n) is 14.7. The van der Waals surface area contributed by atoms with Crippen molar-refractivity contribution >= 4 is 56.7 Å². The summed E-state index contributed by atoms with van der Waals surface area (Å²) in [6.07, 6.45) is 1.06. The third kappa shape index (κ3) is 7.96. The molecule has 6 aromatic rings. The summed E-state index contributed by atoms with van der Waals surface area (Å²) in [7, 11) is 0.300. The minimum atomic E-state index is -2.16. The van der Waals surface area contributed by atoms with Crippen LogP contribution in [0.25, 0.3) is 0 Å². The molecule has 0 saturated carbocycles. The van der Waals surface area contributed by atoms with E-state index in [1.807, 2.05) is 0 Å². The first kappa shape index (κ1) is 32.8. The molecule has 46 heavy (non-hydrogen) atoms. The summed E-state index contributed by atoms with van der Waals surface area (Å²) in [4.78, 5) is 23.4. The molecule has 0 atom stereocenters. The SMILES string of the molecule is O=C(O)c1ccccc1SSc1ccccc1C(=O)O.c1ccc(C[PH](c2ccccc2)(c2ccccc2)c2ccccc2)cc1. The molecule has 2 N–H and O–H groups in total. The Balaban J connectivity index is 0.000000188. The van der Waals surface area contributed by atoms with Gasteiger partial charge in [-0.25, -0.2) is 9.59 Å². The van der Waals surface area contributed by atoms with Crippen LogP contribution in [0, 0.1) is 0 Å². The molecule has 4 nitrogen and oxygen atoms in total. The van der Waals surface area contributed by atoms with Crippen LogP contribution in [0.5, 0.6) is 0 Å². The van der Waals surface area contributed by atoms with Crippen molar-refractivity contribution in [1.82, 2.24) is 0 Å². The Kier molecular flexibility index (Phi) is 11.5. The number of hydrogen-bond acceptors (Lipinski definition) is 4. The van der Waals surface area contributed by atoms with Crippen LogP contribution in [0.15, 0.2) is 180 Å². The van der Waals surface area contributed by atoms with E-state index < -0.39 is 19.2 Å². The zero-order valence-electron chi connectivity index (χ0n) is 24.9. The van der Waals surface area contributed by atoms with Crippen molar-refractivity contribution < 1.29 is 19.8 Å². The predicted molar refractivity (Wildman–Crippen MR) is 195 cm³/mol. The molecule has 6 rings (SSSR count). The van der Waals surface area contributed by atoms with E-state index in [1.54, 1.807) is 36.4 Å². The van der Waals surface area contributed by atoms with Gasteiger partial charge in [-0.1, -0.05) is 45.9 Å². The molecule has 0 aliphatic heterocycles. The van der Waals surface area contributed by atoms with Gasteiger partial charge in [0.1, 0.15) is 0 Å². The number of carboxylic acid groups (broad SMARTS) is 2. The first-order chi connectivity index (χ1) is 22.5. The van der Waals surface area contributed by atoms with Crippen molar-refractivity contribution in [2.75, 3.05) is 0 Å². The number of aromatic carboxylic acids is 2. The van der Waals surface area contributed by atoms with Crippen LogP contribution in [0.1, 0.15) is 26.3 Å². The predicted octanol–water partition coefficient (Wildman–Crippen LogP) is 8.80. The Bertz CT molecular complexity index is 1710. The van der Waals surface area contributed by atoms with Crippen molar-refractivity contribution in [3.05, 3.63) is 187 Å². The van der Waals surface area contributed by atoms with Gasteiger partial charge in [0.2, 0.25) is 0 Å². The van der Waals surface area contributed by atoms with Crippen LogP contribution in [0.4, 0.5) is 0 Å². The molecule has 0 radical (unpaired) electrons. The first-order valence-corrected chi connectivity index (χ1v) is 19.0. The van der Waals surface area contributed by atoms with Crippen LogP contribution in [-0.2, 0) is 6.16 Å².